The molecule has 0 radical (unpaired) electrons. The Morgan fingerprint density at radius 2 is 1.21 bits per heavy atom. The average molecular weight is 454 g/mol. The van der Waals surface area contributed by atoms with Gasteiger partial charge in [0.1, 0.15) is 17.3 Å². The van der Waals surface area contributed by atoms with Crippen LogP contribution in [0.4, 0.5) is 13.6 Å². The Hall–Kier alpha value is -4.32. The van der Waals surface area contributed by atoms with E-state index in [1.54, 1.807) is 36.4 Å². The van der Waals surface area contributed by atoms with Gasteiger partial charge >= 0.3 is 6.03 Å². The fourth-order valence-corrected chi connectivity index (χ4v) is 4.07. The molecule has 0 saturated carbocycles. The lowest BCUT2D eigenvalue weighted by molar-refractivity contribution is -0.123. The molecule has 4 nitrogen and oxygen atoms in total. The predicted octanol–water partition coefficient (Wildman–Crippen LogP) is 6.12. The normalized spacial score (nSPS) is 15.1. The molecular formula is C28H20F2N2O2. The lowest BCUT2D eigenvalue weighted by Crippen LogP contribution is -2.32. The molecule has 0 aliphatic carbocycles. The topological polar surface area (TPSA) is 40.6 Å². The Bertz CT molecular complexity index is 1450. The van der Waals surface area contributed by atoms with Crippen molar-refractivity contribution in [3.05, 3.63) is 125 Å². The van der Waals surface area contributed by atoms with Gasteiger partial charge < -0.3 is 0 Å². The molecule has 0 aromatic heterocycles. The third-order valence-corrected chi connectivity index (χ3v) is 5.87. The average Bonchev–Trinajstić information content (AvgIpc) is 3.06. The van der Waals surface area contributed by atoms with E-state index >= 15 is 0 Å². The number of hydrogen-bond donors (Lipinski definition) is 0. The summed E-state index contributed by atoms with van der Waals surface area (Å²) in [4.78, 5) is 28.9. The van der Waals surface area contributed by atoms with E-state index in [0.717, 1.165) is 21.2 Å². The minimum absolute atomic E-state index is 0.111. The summed E-state index contributed by atoms with van der Waals surface area (Å²) < 4.78 is 28.6. The number of rotatable bonds is 5. The summed E-state index contributed by atoms with van der Waals surface area (Å²) in [5.74, 6) is -1.53. The van der Waals surface area contributed by atoms with Gasteiger partial charge in [0.15, 0.2) is 0 Å². The zero-order chi connectivity index (χ0) is 23.7. The minimum Gasteiger partial charge on any atom is -0.284 e. The van der Waals surface area contributed by atoms with Crippen molar-refractivity contribution in [2.24, 2.45) is 0 Å². The number of halogens is 2. The minimum atomic E-state index is -0.622. The van der Waals surface area contributed by atoms with Crippen molar-refractivity contribution in [3.63, 3.8) is 0 Å². The quantitative estimate of drug-likeness (QED) is 0.269. The SMILES string of the molecule is O=C1/C(=C\c2ccc3ccccc3c2)N(Cc2ccccc2F)C(=O)N1Cc1ccccc1F. The number of fused-ring (bicyclic) bond motifs is 1. The van der Waals surface area contributed by atoms with Crippen LogP contribution in [-0.2, 0) is 17.9 Å². The van der Waals surface area contributed by atoms with Gasteiger partial charge in [0.2, 0.25) is 0 Å². The molecule has 6 heteroatoms. The lowest BCUT2D eigenvalue weighted by Gasteiger charge is -2.18. The molecule has 0 unspecified atom stereocenters. The van der Waals surface area contributed by atoms with E-state index in [9.17, 15) is 18.4 Å². The number of carbonyl (C=O) groups excluding carboxylic acids is 2. The lowest BCUT2D eigenvalue weighted by atomic mass is 10.1. The predicted molar refractivity (Wildman–Crippen MR) is 126 cm³/mol. The highest BCUT2D eigenvalue weighted by Crippen LogP contribution is 2.29. The Balaban J connectivity index is 1.55. The van der Waals surface area contributed by atoms with Gasteiger partial charge in [0.05, 0.1) is 13.1 Å². The summed E-state index contributed by atoms with van der Waals surface area (Å²) >= 11 is 0. The third kappa shape index (κ3) is 4.06. The monoisotopic (exact) mass is 454 g/mol. The number of hydrogen-bond acceptors (Lipinski definition) is 2. The van der Waals surface area contributed by atoms with Crippen LogP contribution in [-0.4, -0.2) is 21.7 Å². The smallest absolute Gasteiger partial charge is 0.284 e. The largest absolute Gasteiger partial charge is 0.332 e. The number of benzene rings is 4. The molecule has 4 aromatic rings. The van der Waals surface area contributed by atoms with Crippen LogP contribution in [0.5, 0.6) is 0 Å². The van der Waals surface area contributed by atoms with Crippen molar-refractivity contribution in [1.29, 1.82) is 0 Å². The maximum absolute atomic E-state index is 14.4. The van der Waals surface area contributed by atoms with E-state index in [1.165, 1.54) is 23.1 Å². The molecular weight excluding hydrogens is 434 g/mol. The second-order valence-electron chi connectivity index (χ2n) is 8.08. The van der Waals surface area contributed by atoms with Crippen molar-refractivity contribution in [2.75, 3.05) is 0 Å². The Morgan fingerprint density at radius 1 is 0.647 bits per heavy atom. The van der Waals surface area contributed by atoms with Crippen molar-refractivity contribution in [3.8, 4) is 0 Å². The molecule has 0 spiro atoms. The highest BCUT2D eigenvalue weighted by molar-refractivity contribution is 6.14. The molecule has 0 N–H and O–H groups in total. The number of nitrogens with zero attached hydrogens (tertiary/aromatic N) is 2. The van der Waals surface area contributed by atoms with Gasteiger partial charge in [-0.15, -0.1) is 0 Å². The van der Waals surface area contributed by atoms with Crippen LogP contribution in [0, 0.1) is 11.6 Å². The van der Waals surface area contributed by atoms with Crippen molar-refractivity contribution in [2.45, 2.75) is 13.1 Å². The molecule has 0 bridgehead atoms. The second-order valence-corrected chi connectivity index (χ2v) is 8.08. The first-order valence-corrected chi connectivity index (χ1v) is 10.8. The van der Waals surface area contributed by atoms with Gasteiger partial charge in [-0.3, -0.25) is 14.6 Å². The number of amides is 3. The maximum Gasteiger partial charge on any atom is 0.332 e. The highest BCUT2D eigenvalue weighted by Gasteiger charge is 2.41. The Kier molecular flexibility index (Phi) is 5.64. The number of imide groups is 1. The molecule has 4 aromatic carbocycles. The van der Waals surface area contributed by atoms with E-state index < -0.39 is 23.6 Å². The van der Waals surface area contributed by atoms with E-state index in [0.29, 0.717) is 0 Å². The molecule has 0 atom stereocenters. The van der Waals surface area contributed by atoms with Crippen LogP contribution in [0.25, 0.3) is 16.8 Å². The van der Waals surface area contributed by atoms with E-state index in [4.69, 9.17) is 0 Å². The van der Waals surface area contributed by atoms with E-state index in [-0.39, 0.29) is 29.9 Å². The molecule has 1 aliphatic heterocycles. The van der Waals surface area contributed by atoms with Gasteiger partial charge in [-0.25, -0.2) is 13.6 Å². The molecule has 1 saturated heterocycles. The standard InChI is InChI=1S/C28H20F2N2O2/c29-24-11-5-3-9-22(24)17-31-26(16-19-13-14-20-7-1-2-8-21(20)15-19)27(33)32(28(31)34)18-23-10-4-6-12-25(23)30/h1-16H,17-18H2/b26-16+. The third-order valence-electron chi connectivity index (χ3n) is 5.87. The van der Waals surface area contributed by atoms with Crippen LogP contribution in [0.2, 0.25) is 0 Å². The highest BCUT2D eigenvalue weighted by atomic mass is 19.1. The summed E-state index contributed by atoms with van der Waals surface area (Å²) in [6.45, 7) is -0.336. The molecule has 1 fully saturated rings. The zero-order valence-corrected chi connectivity index (χ0v) is 18.1. The van der Waals surface area contributed by atoms with Crippen LogP contribution in [0.3, 0.4) is 0 Å². The summed E-state index contributed by atoms with van der Waals surface area (Å²) in [5, 5.41) is 2.03. The Morgan fingerprint density at radius 3 is 1.85 bits per heavy atom. The molecule has 5 rings (SSSR count). The van der Waals surface area contributed by atoms with Gasteiger partial charge in [-0.05, 0) is 40.6 Å². The van der Waals surface area contributed by atoms with Crippen LogP contribution in [0.1, 0.15) is 16.7 Å². The van der Waals surface area contributed by atoms with Crippen LogP contribution in [0.15, 0.2) is 96.7 Å². The fourth-order valence-electron chi connectivity index (χ4n) is 4.07. The van der Waals surface area contributed by atoms with Crippen molar-refractivity contribution in [1.82, 2.24) is 9.80 Å². The summed E-state index contributed by atoms with van der Waals surface area (Å²) in [5.41, 5.74) is 1.34. The van der Waals surface area contributed by atoms with Gasteiger partial charge in [-0.1, -0.05) is 72.8 Å². The van der Waals surface area contributed by atoms with Crippen LogP contribution >= 0.6 is 0 Å². The molecule has 3 amide bonds. The molecule has 34 heavy (non-hydrogen) atoms. The molecule has 1 aliphatic rings. The maximum atomic E-state index is 14.4. The summed E-state index contributed by atoms with van der Waals surface area (Å²) in [6, 6.07) is 25.0. The first-order chi connectivity index (χ1) is 16.5. The summed E-state index contributed by atoms with van der Waals surface area (Å²) in [6.07, 6.45) is 1.62. The second kappa shape index (κ2) is 8.90. The Labute approximate surface area is 195 Å². The molecule has 1 heterocycles. The van der Waals surface area contributed by atoms with Gasteiger partial charge in [0, 0.05) is 11.1 Å². The van der Waals surface area contributed by atoms with Gasteiger partial charge in [-0.2, -0.15) is 0 Å². The van der Waals surface area contributed by atoms with Gasteiger partial charge in [0.25, 0.3) is 5.91 Å². The zero-order valence-electron chi connectivity index (χ0n) is 18.1. The number of urea groups is 1. The van der Waals surface area contributed by atoms with Crippen molar-refractivity contribution < 1.29 is 18.4 Å². The van der Waals surface area contributed by atoms with E-state index in [2.05, 4.69) is 0 Å². The number of carbonyl (C=O) groups is 2. The summed E-state index contributed by atoms with van der Waals surface area (Å²) in [7, 11) is 0. The fraction of sp³-hybridized carbons (Fsp3) is 0.0714. The first-order valence-electron chi connectivity index (χ1n) is 10.8. The van der Waals surface area contributed by atoms with Crippen molar-refractivity contribution >= 4 is 28.8 Å². The first kappa shape index (κ1) is 21.5. The van der Waals surface area contributed by atoms with Crippen LogP contribution < -0.4 is 0 Å². The van der Waals surface area contributed by atoms with E-state index in [1.807, 2.05) is 42.5 Å². The molecule has 168 valence electrons.